The van der Waals surface area contributed by atoms with Crippen LogP contribution in [-0.2, 0) is 22.7 Å². The van der Waals surface area contributed by atoms with Crippen LogP contribution in [0, 0.1) is 0 Å². The Balaban J connectivity index is 2.49. The first kappa shape index (κ1) is 17.1. The molecule has 0 fully saturated rings. The Morgan fingerprint density at radius 1 is 1.36 bits per heavy atom. The summed E-state index contributed by atoms with van der Waals surface area (Å²) in [6.45, 7) is 3.06. The van der Waals surface area contributed by atoms with Crippen molar-refractivity contribution in [2.24, 2.45) is 4.99 Å². The highest BCUT2D eigenvalue weighted by Crippen LogP contribution is 2.37. The predicted octanol–water partition coefficient (Wildman–Crippen LogP) is 2.74. The summed E-state index contributed by atoms with van der Waals surface area (Å²) in [5, 5.41) is 2.69. The van der Waals surface area contributed by atoms with Crippen LogP contribution in [0.1, 0.15) is 18.1 Å². The second-order valence-electron chi connectivity index (χ2n) is 4.75. The van der Waals surface area contributed by atoms with Crippen molar-refractivity contribution in [1.82, 2.24) is 5.32 Å². The van der Waals surface area contributed by atoms with E-state index in [4.69, 9.17) is 11.6 Å². The number of alkyl halides is 3. The van der Waals surface area contributed by atoms with Gasteiger partial charge < -0.3 is 5.32 Å². The fourth-order valence-corrected chi connectivity index (χ4v) is 3.74. The van der Waals surface area contributed by atoms with Crippen LogP contribution in [0.5, 0.6) is 0 Å². The average Bonchev–Trinajstić information content (AvgIpc) is 2.90. The molecule has 22 heavy (non-hydrogen) atoms. The number of hydrogen-bond donors (Lipinski definition) is 1. The number of sulfone groups is 1. The molecule has 4 nitrogen and oxygen atoms in total. The number of benzene rings is 1. The highest BCUT2D eigenvalue weighted by Gasteiger charge is 2.48. The highest BCUT2D eigenvalue weighted by molar-refractivity contribution is 7.92. The summed E-state index contributed by atoms with van der Waals surface area (Å²) in [5.41, 5.74) is -4.31. The lowest BCUT2D eigenvalue weighted by Gasteiger charge is -2.15. The lowest BCUT2D eigenvalue weighted by Crippen LogP contribution is -2.24. The Morgan fingerprint density at radius 2 is 2.05 bits per heavy atom. The number of amidine groups is 1. The van der Waals surface area contributed by atoms with Gasteiger partial charge in [0.05, 0.1) is 16.5 Å². The van der Waals surface area contributed by atoms with Crippen LogP contribution in [0.15, 0.2) is 22.0 Å². The van der Waals surface area contributed by atoms with Gasteiger partial charge in [0.1, 0.15) is 5.84 Å². The predicted molar refractivity (Wildman–Crippen MR) is 78.1 cm³/mol. The van der Waals surface area contributed by atoms with E-state index < -0.39 is 20.2 Å². The molecule has 0 amide bonds. The molecule has 0 saturated carbocycles. The molecule has 0 spiro atoms. The van der Waals surface area contributed by atoms with Gasteiger partial charge >= 0.3 is 5.51 Å². The van der Waals surface area contributed by atoms with Gasteiger partial charge in [-0.15, -0.1) is 0 Å². The topological polar surface area (TPSA) is 58.5 Å². The second kappa shape index (κ2) is 6.08. The minimum Gasteiger partial charge on any atom is -0.372 e. The maximum Gasteiger partial charge on any atom is 0.501 e. The summed E-state index contributed by atoms with van der Waals surface area (Å²) in [7, 11) is -5.46. The minimum absolute atomic E-state index is 0.322. The zero-order valence-corrected chi connectivity index (χ0v) is 13.2. The van der Waals surface area contributed by atoms with Gasteiger partial charge in [-0.1, -0.05) is 24.6 Å². The molecule has 1 aliphatic rings. The van der Waals surface area contributed by atoms with Crippen molar-refractivity contribution < 1.29 is 21.6 Å². The lowest BCUT2D eigenvalue weighted by atomic mass is 10.0. The van der Waals surface area contributed by atoms with Crippen molar-refractivity contribution >= 4 is 27.3 Å². The summed E-state index contributed by atoms with van der Waals surface area (Å²) >= 11 is 5.95. The van der Waals surface area contributed by atoms with Crippen molar-refractivity contribution in [2.45, 2.75) is 30.2 Å². The fourth-order valence-electron chi connectivity index (χ4n) is 2.27. The number of aliphatic imine (C=N–C) groups is 1. The van der Waals surface area contributed by atoms with Crippen LogP contribution >= 0.6 is 11.6 Å². The average molecular weight is 355 g/mol. The number of hydrogen-bond acceptors (Lipinski definition) is 4. The Morgan fingerprint density at radius 3 is 2.55 bits per heavy atom. The van der Waals surface area contributed by atoms with Crippen molar-refractivity contribution in [2.75, 3.05) is 13.1 Å². The van der Waals surface area contributed by atoms with E-state index in [1.165, 1.54) is 6.07 Å². The molecule has 0 atom stereocenters. The zero-order chi connectivity index (χ0) is 16.5. The van der Waals surface area contributed by atoms with Crippen LogP contribution in [0.4, 0.5) is 13.2 Å². The molecular weight excluding hydrogens is 341 g/mol. The molecule has 0 unspecified atom stereocenters. The molecule has 122 valence electrons. The minimum atomic E-state index is -5.46. The number of nitrogens with one attached hydrogen (secondary N) is 1. The maximum absolute atomic E-state index is 12.7. The molecule has 1 aromatic carbocycles. The molecule has 9 heteroatoms. The third-order valence-corrected chi connectivity index (χ3v) is 5.43. The van der Waals surface area contributed by atoms with Crippen molar-refractivity contribution in [3.63, 3.8) is 0 Å². The monoisotopic (exact) mass is 354 g/mol. The summed E-state index contributed by atoms with van der Waals surface area (Å²) < 4.78 is 61.2. The summed E-state index contributed by atoms with van der Waals surface area (Å²) in [6, 6.07) is 2.28. The Kier molecular flexibility index (Phi) is 4.72. The second-order valence-corrected chi connectivity index (χ2v) is 7.04. The normalized spacial score (nSPS) is 15.6. The van der Waals surface area contributed by atoms with Crippen molar-refractivity contribution in [1.29, 1.82) is 0 Å². The van der Waals surface area contributed by atoms with Crippen molar-refractivity contribution in [3.05, 3.63) is 28.3 Å². The smallest absolute Gasteiger partial charge is 0.372 e. The molecular formula is C13H14ClF3N2O2S. The first-order chi connectivity index (χ1) is 10.2. The Labute approximate surface area is 131 Å². The van der Waals surface area contributed by atoms with Gasteiger partial charge in [0.25, 0.3) is 9.84 Å². The third kappa shape index (κ3) is 3.08. The van der Waals surface area contributed by atoms with Gasteiger partial charge in [-0.2, -0.15) is 13.2 Å². The highest BCUT2D eigenvalue weighted by atomic mass is 35.5. The van der Waals surface area contributed by atoms with E-state index in [1.54, 1.807) is 6.92 Å². The molecule has 0 aliphatic carbocycles. The van der Waals surface area contributed by atoms with E-state index in [-0.39, 0.29) is 5.02 Å². The van der Waals surface area contributed by atoms with E-state index in [2.05, 4.69) is 10.3 Å². The molecule has 0 bridgehead atoms. The maximum atomic E-state index is 12.7. The van der Waals surface area contributed by atoms with Gasteiger partial charge in [-0.3, -0.25) is 4.99 Å². The largest absolute Gasteiger partial charge is 0.501 e. The first-order valence-corrected chi connectivity index (χ1v) is 8.43. The van der Waals surface area contributed by atoms with Crippen LogP contribution in [-0.4, -0.2) is 32.9 Å². The lowest BCUT2D eigenvalue weighted by molar-refractivity contribution is -0.0436. The third-order valence-electron chi connectivity index (χ3n) is 3.35. The molecule has 1 aromatic rings. The van der Waals surface area contributed by atoms with E-state index in [9.17, 15) is 21.6 Å². The number of nitrogens with zero attached hydrogens (tertiary/aromatic N) is 1. The molecule has 2 rings (SSSR count). The van der Waals surface area contributed by atoms with Gasteiger partial charge in [0.15, 0.2) is 0 Å². The van der Waals surface area contributed by atoms with Crippen LogP contribution in [0.25, 0.3) is 0 Å². The molecule has 1 N–H and O–H groups in total. The SMILES string of the molecule is CCc1c(CC2=NCCN2)ccc(S(=O)(=O)C(F)(F)F)c1Cl. The number of rotatable bonds is 4. The quantitative estimate of drug-likeness (QED) is 0.904. The van der Waals surface area contributed by atoms with Crippen molar-refractivity contribution in [3.8, 4) is 0 Å². The summed E-state index contributed by atoms with van der Waals surface area (Å²) in [4.78, 5) is 3.31. The fraction of sp³-hybridized carbons (Fsp3) is 0.462. The molecule has 0 saturated heterocycles. The molecule has 0 aromatic heterocycles. The Hall–Kier alpha value is -1.28. The van der Waals surface area contributed by atoms with Gasteiger partial charge in [0, 0.05) is 13.0 Å². The number of halogens is 4. The van der Waals surface area contributed by atoms with Gasteiger partial charge in [-0.25, -0.2) is 8.42 Å². The first-order valence-electron chi connectivity index (χ1n) is 6.57. The van der Waals surface area contributed by atoms with E-state index >= 15 is 0 Å². The van der Waals surface area contributed by atoms with E-state index in [0.29, 0.717) is 37.1 Å². The molecule has 1 heterocycles. The van der Waals surface area contributed by atoms with Crippen LogP contribution in [0.2, 0.25) is 5.02 Å². The molecule has 0 radical (unpaired) electrons. The standard InChI is InChI=1S/C13H14ClF3N2O2S/c1-2-9-8(7-11-18-5-6-19-11)3-4-10(12(9)14)22(20,21)13(15,16)17/h3-4H,2,5-7H2,1H3,(H,18,19). The van der Waals surface area contributed by atoms with Crippen LogP contribution < -0.4 is 5.32 Å². The van der Waals surface area contributed by atoms with E-state index in [1.807, 2.05) is 0 Å². The molecule has 1 aliphatic heterocycles. The van der Waals surface area contributed by atoms with Gasteiger partial charge in [-0.05, 0) is 23.6 Å². The summed E-state index contributed by atoms with van der Waals surface area (Å²) in [6.07, 6.45) is 0.706. The van der Waals surface area contributed by atoms with Gasteiger partial charge in [0.2, 0.25) is 0 Å². The Bertz CT molecular complexity index is 715. The van der Waals surface area contributed by atoms with Crippen LogP contribution in [0.3, 0.4) is 0 Å². The summed E-state index contributed by atoms with van der Waals surface area (Å²) in [5.74, 6) is 0.720. The van der Waals surface area contributed by atoms with E-state index in [0.717, 1.165) is 11.9 Å². The zero-order valence-electron chi connectivity index (χ0n) is 11.7.